The molecule has 0 bridgehead atoms. The first kappa shape index (κ1) is 16.5. The predicted molar refractivity (Wildman–Crippen MR) is 74.9 cm³/mol. The van der Waals surface area contributed by atoms with Gasteiger partial charge in [0, 0.05) is 19.5 Å². The molecule has 0 N–H and O–H groups in total. The van der Waals surface area contributed by atoms with Crippen LogP contribution in [0.4, 0.5) is 0 Å². The molecule has 0 saturated heterocycles. The molecule has 0 fully saturated rings. The van der Waals surface area contributed by atoms with Gasteiger partial charge in [-0.2, -0.15) is 0 Å². The summed E-state index contributed by atoms with van der Waals surface area (Å²) in [6.07, 6.45) is 2.93. The smallest absolute Gasteiger partial charge is 0.222 e. The van der Waals surface area contributed by atoms with E-state index in [1.165, 1.54) is 0 Å². The molecule has 0 heterocycles. The van der Waals surface area contributed by atoms with Crippen LogP contribution >= 0.6 is 0 Å². The Bertz CT molecular complexity index is 215. The van der Waals surface area contributed by atoms with Crippen molar-refractivity contribution in [3.8, 4) is 0 Å². The molecular weight excluding hydrogens is 210 g/mol. The molecule has 2 nitrogen and oxygen atoms in total. The molecule has 0 rings (SSSR count). The van der Waals surface area contributed by atoms with Crippen molar-refractivity contribution >= 4 is 5.91 Å². The molecule has 0 aromatic carbocycles. The summed E-state index contributed by atoms with van der Waals surface area (Å²) in [5, 5.41) is 0. The molecule has 0 aliphatic heterocycles. The highest BCUT2D eigenvalue weighted by Crippen LogP contribution is 2.24. The number of hydrogen-bond donors (Lipinski definition) is 0. The predicted octanol–water partition coefficient (Wildman–Crippen LogP) is 3.95. The molecule has 0 aromatic heterocycles. The summed E-state index contributed by atoms with van der Waals surface area (Å²) in [7, 11) is 1.98. The van der Waals surface area contributed by atoms with Crippen LogP contribution in [-0.2, 0) is 4.79 Å². The van der Waals surface area contributed by atoms with E-state index >= 15 is 0 Å². The third-order valence-corrected chi connectivity index (χ3v) is 3.88. The Balaban J connectivity index is 4.73. The van der Waals surface area contributed by atoms with Crippen LogP contribution in [0.25, 0.3) is 0 Å². The van der Waals surface area contributed by atoms with E-state index in [4.69, 9.17) is 0 Å². The maximum absolute atomic E-state index is 12.2. The van der Waals surface area contributed by atoms with Crippen LogP contribution < -0.4 is 0 Å². The Hall–Kier alpha value is -0.530. The van der Waals surface area contributed by atoms with Crippen LogP contribution in [0.2, 0.25) is 0 Å². The maximum atomic E-state index is 12.2. The van der Waals surface area contributed by atoms with Gasteiger partial charge in [-0.3, -0.25) is 4.79 Å². The van der Waals surface area contributed by atoms with Gasteiger partial charge in [-0.15, -0.1) is 0 Å². The molecule has 0 spiro atoms. The van der Waals surface area contributed by atoms with E-state index in [1.54, 1.807) is 0 Å². The van der Waals surface area contributed by atoms with Gasteiger partial charge < -0.3 is 4.90 Å². The van der Waals surface area contributed by atoms with Crippen LogP contribution in [0.1, 0.15) is 60.8 Å². The van der Waals surface area contributed by atoms with E-state index in [1.807, 2.05) is 11.9 Å². The first-order chi connectivity index (χ1) is 7.84. The fraction of sp³-hybridized carbons (Fsp3) is 0.933. The summed E-state index contributed by atoms with van der Waals surface area (Å²) in [4.78, 5) is 14.2. The summed E-state index contributed by atoms with van der Waals surface area (Å²) in [5.41, 5.74) is 0. The first-order valence-corrected chi connectivity index (χ1v) is 7.10. The van der Waals surface area contributed by atoms with Gasteiger partial charge in [-0.05, 0) is 17.8 Å². The number of rotatable bonds is 7. The van der Waals surface area contributed by atoms with Crippen molar-refractivity contribution in [3.05, 3.63) is 0 Å². The standard InChI is InChI=1S/C15H31NO/c1-8-12(5)15(13(6)9-2)16(7)14(17)10-11(3)4/h11-13,15H,8-10H2,1-7H3/t12-,13+,15?. The zero-order valence-electron chi connectivity index (χ0n) is 12.8. The first-order valence-electron chi connectivity index (χ1n) is 7.10. The topological polar surface area (TPSA) is 20.3 Å². The molecule has 102 valence electrons. The summed E-state index contributed by atoms with van der Waals surface area (Å²) in [6, 6.07) is 0.385. The van der Waals surface area contributed by atoms with Gasteiger partial charge in [0.25, 0.3) is 0 Å². The third-order valence-electron chi connectivity index (χ3n) is 3.88. The van der Waals surface area contributed by atoms with E-state index < -0.39 is 0 Å². The lowest BCUT2D eigenvalue weighted by molar-refractivity contribution is -0.135. The monoisotopic (exact) mass is 241 g/mol. The Kier molecular flexibility index (Phi) is 7.49. The minimum atomic E-state index is 0.297. The van der Waals surface area contributed by atoms with Gasteiger partial charge in [0.2, 0.25) is 5.91 Å². The number of carbonyl (C=O) groups is 1. The maximum Gasteiger partial charge on any atom is 0.222 e. The van der Waals surface area contributed by atoms with Gasteiger partial charge in [-0.25, -0.2) is 0 Å². The highest BCUT2D eigenvalue weighted by Gasteiger charge is 2.28. The lowest BCUT2D eigenvalue weighted by Gasteiger charge is -2.37. The van der Waals surface area contributed by atoms with Gasteiger partial charge in [-0.1, -0.05) is 54.4 Å². The Morgan fingerprint density at radius 1 is 1.00 bits per heavy atom. The van der Waals surface area contributed by atoms with Crippen LogP contribution in [0, 0.1) is 17.8 Å². The zero-order valence-corrected chi connectivity index (χ0v) is 12.8. The second-order valence-corrected chi connectivity index (χ2v) is 5.86. The van der Waals surface area contributed by atoms with E-state index in [-0.39, 0.29) is 0 Å². The minimum Gasteiger partial charge on any atom is -0.342 e. The summed E-state index contributed by atoms with van der Waals surface area (Å²) < 4.78 is 0. The summed E-state index contributed by atoms with van der Waals surface area (Å²) >= 11 is 0. The molecule has 0 saturated carbocycles. The van der Waals surface area contributed by atoms with E-state index in [2.05, 4.69) is 41.5 Å². The minimum absolute atomic E-state index is 0.297. The molecule has 17 heavy (non-hydrogen) atoms. The fourth-order valence-corrected chi connectivity index (χ4v) is 2.47. The Labute approximate surface area is 108 Å². The lowest BCUT2D eigenvalue weighted by atomic mass is 9.86. The molecule has 1 amide bonds. The largest absolute Gasteiger partial charge is 0.342 e. The van der Waals surface area contributed by atoms with Crippen LogP contribution in [-0.4, -0.2) is 23.9 Å². The number of nitrogens with zero attached hydrogens (tertiary/aromatic N) is 1. The average Bonchev–Trinajstić information content (AvgIpc) is 2.27. The van der Waals surface area contributed by atoms with Crippen molar-refractivity contribution in [1.82, 2.24) is 4.90 Å². The van der Waals surface area contributed by atoms with Gasteiger partial charge in [0.15, 0.2) is 0 Å². The number of carbonyl (C=O) groups excluding carboxylic acids is 1. The van der Waals surface area contributed by atoms with Crippen molar-refractivity contribution in [3.63, 3.8) is 0 Å². The molecular formula is C15H31NO. The molecule has 2 heteroatoms. The quantitative estimate of drug-likeness (QED) is 0.661. The number of hydrogen-bond acceptors (Lipinski definition) is 1. The zero-order chi connectivity index (χ0) is 13.6. The SMILES string of the molecule is CC[C@@H](C)C([C@@H](C)CC)N(C)C(=O)CC(C)C. The van der Waals surface area contributed by atoms with Crippen LogP contribution in [0.15, 0.2) is 0 Å². The molecule has 0 aliphatic rings. The highest BCUT2D eigenvalue weighted by molar-refractivity contribution is 5.76. The van der Waals surface area contributed by atoms with Gasteiger partial charge >= 0.3 is 0 Å². The van der Waals surface area contributed by atoms with Crippen molar-refractivity contribution in [2.75, 3.05) is 7.05 Å². The Morgan fingerprint density at radius 3 is 1.71 bits per heavy atom. The van der Waals surface area contributed by atoms with Crippen LogP contribution in [0.3, 0.4) is 0 Å². The van der Waals surface area contributed by atoms with Crippen molar-refractivity contribution in [1.29, 1.82) is 0 Å². The molecule has 1 unspecified atom stereocenters. The molecule has 0 radical (unpaired) electrons. The van der Waals surface area contributed by atoms with Crippen LogP contribution in [0.5, 0.6) is 0 Å². The van der Waals surface area contributed by atoms with Crippen molar-refractivity contribution in [2.24, 2.45) is 17.8 Å². The summed E-state index contributed by atoms with van der Waals surface area (Å²) in [6.45, 7) is 13.1. The highest BCUT2D eigenvalue weighted by atomic mass is 16.2. The van der Waals surface area contributed by atoms with E-state index in [9.17, 15) is 4.79 Å². The molecule has 0 aromatic rings. The van der Waals surface area contributed by atoms with Crippen molar-refractivity contribution in [2.45, 2.75) is 66.8 Å². The normalized spacial score (nSPS) is 16.7. The second kappa shape index (κ2) is 7.73. The van der Waals surface area contributed by atoms with Gasteiger partial charge in [0.05, 0.1) is 0 Å². The van der Waals surface area contributed by atoms with Gasteiger partial charge in [0.1, 0.15) is 0 Å². The second-order valence-electron chi connectivity index (χ2n) is 5.86. The average molecular weight is 241 g/mol. The van der Waals surface area contributed by atoms with E-state index in [0.29, 0.717) is 36.1 Å². The molecule has 0 aliphatic carbocycles. The Morgan fingerprint density at radius 2 is 1.41 bits per heavy atom. The lowest BCUT2D eigenvalue weighted by Crippen LogP contribution is -2.45. The van der Waals surface area contributed by atoms with Crippen molar-refractivity contribution < 1.29 is 4.79 Å². The third kappa shape index (κ3) is 5.10. The summed E-state index contributed by atoms with van der Waals surface area (Å²) in [5.74, 6) is 1.89. The number of amides is 1. The van der Waals surface area contributed by atoms with E-state index in [0.717, 1.165) is 12.8 Å². The molecule has 3 atom stereocenters. The fourth-order valence-electron chi connectivity index (χ4n) is 2.47.